The molecular weight excluding hydrogens is 425 g/mol. The number of aryl methyl sites for hydroxylation is 1. The van der Waals surface area contributed by atoms with Gasteiger partial charge in [-0.3, -0.25) is 9.69 Å². The summed E-state index contributed by atoms with van der Waals surface area (Å²) in [6, 6.07) is -0.417. The topological polar surface area (TPSA) is 102 Å². The number of aromatic nitrogens is 4. The van der Waals surface area contributed by atoms with E-state index in [9.17, 15) is 18.0 Å². The molecule has 0 saturated carbocycles. The second-order valence-corrected chi connectivity index (χ2v) is 7.62. The molecule has 3 N–H and O–H groups in total. The monoisotopic (exact) mass is 452 g/mol. The van der Waals surface area contributed by atoms with E-state index in [1.165, 1.54) is 0 Å². The number of nitrogens with one attached hydrogen (secondary N) is 3. The summed E-state index contributed by atoms with van der Waals surface area (Å²) in [4.78, 5) is 24.7. The van der Waals surface area contributed by atoms with Gasteiger partial charge in [0.1, 0.15) is 5.56 Å². The summed E-state index contributed by atoms with van der Waals surface area (Å²) >= 11 is 0. The Morgan fingerprint density at radius 2 is 1.88 bits per heavy atom. The van der Waals surface area contributed by atoms with Gasteiger partial charge < -0.3 is 15.5 Å². The van der Waals surface area contributed by atoms with Crippen LogP contribution in [0.5, 0.6) is 0 Å². The summed E-state index contributed by atoms with van der Waals surface area (Å²) in [6.07, 6.45) is 3.40. The van der Waals surface area contributed by atoms with Crippen molar-refractivity contribution in [2.45, 2.75) is 26.1 Å². The van der Waals surface area contributed by atoms with E-state index in [1.54, 1.807) is 13.0 Å². The molecule has 0 aliphatic carbocycles. The van der Waals surface area contributed by atoms with E-state index in [1.807, 2.05) is 30.5 Å². The fourth-order valence-electron chi connectivity index (χ4n) is 3.32. The molecule has 3 rings (SSSR count). The molecular formula is C20H27F3N8O. The molecule has 2 aromatic rings. The lowest BCUT2D eigenvalue weighted by Gasteiger charge is -2.34. The van der Waals surface area contributed by atoms with Crippen LogP contribution in [0.15, 0.2) is 35.5 Å². The van der Waals surface area contributed by atoms with E-state index in [0.29, 0.717) is 13.2 Å². The normalized spacial score (nSPS) is 16.5. The SMILES string of the molecule is Cc1cnc(N2CCN(CNC/C=C/C(C)Nc3cn[nH]c(=O)c3C(F)(F)F)CC2)nc1. The largest absolute Gasteiger partial charge is 0.423 e. The second-order valence-electron chi connectivity index (χ2n) is 7.62. The molecule has 9 nitrogen and oxygen atoms in total. The summed E-state index contributed by atoms with van der Waals surface area (Å²) < 4.78 is 39.3. The molecule has 1 atom stereocenters. The van der Waals surface area contributed by atoms with Gasteiger partial charge in [-0.2, -0.15) is 18.3 Å². The molecule has 0 spiro atoms. The maximum absolute atomic E-state index is 13.1. The van der Waals surface area contributed by atoms with Crippen molar-refractivity contribution >= 4 is 11.6 Å². The molecule has 0 amide bonds. The Balaban J connectivity index is 1.39. The highest BCUT2D eigenvalue weighted by atomic mass is 19.4. The minimum Gasteiger partial charge on any atom is -0.377 e. The average Bonchev–Trinajstić information content (AvgIpc) is 2.74. The lowest BCUT2D eigenvalue weighted by molar-refractivity contribution is -0.138. The number of hydrogen-bond acceptors (Lipinski definition) is 8. The third-order valence-electron chi connectivity index (χ3n) is 4.97. The Kier molecular flexibility index (Phi) is 7.80. The molecule has 1 aliphatic rings. The van der Waals surface area contributed by atoms with Gasteiger partial charge in [0.15, 0.2) is 0 Å². The van der Waals surface area contributed by atoms with Crippen LogP contribution in [0.2, 0.25) is 0 Å². The second kappa shape index (κ2) is 10.6. The van der Waals surface area contributed by atoms with E-state index in [-0.39, 0.29) is 5.69 Å². The first-order valence-corrected chi connectivity index (χ1v) is 10.3. The maximum atomic E-state index is 13.1. The van der Waals surface area contributed by atoms with Gasteiger partial charge in [-0.05, 0) is 19.4 Å². The first kappa shape index (κ1) is 23.7. The average molecular weight is 452 g/mol. The standard InChI is InChI=1S/C20H27F3N8O/c1-14-10-25-19(26-11-14)31-8-6-30(7-9-31)13-24-5-3-4-15(2)28-16-12-27-29-18(32)17(16)20(21,22)23/h3-4,10-12,15,24H,5-9,13H2,1-2H3,(H2,28,29,32)/b4-3+. The number of alkyl halides is 3. The molecule has 0 aromatic carbocycles. The highest BCUT2D eigenvalue weighted by molar-refractivity contribution is 5.50. The van der Waals surface area contributed by atoms with Gasteiger partial charge in [0.05, 0.1) is 11.9 Å². The third kappa shape index (κ3) is 6.50. The lowest BCUT2D eigenvalue weighted by atomic mass is 10.2. The molecule has 1 saturated heterocycles. The van der Waals surface area contributed by atoms with E-state index >= 15 is 0 Å². The fourth-order valence-corrected chi connectivity index (χ4v) is 3.32. The minimum absolute atomic E-state index is 0.346. The number of rotatable bonds is 8. The lowest BCUT2D eigenvalue weighted by Crippen LogP contribution is -2.49. The van der Waals surface area contributed by atoms with Crippen LogP contribution in [0.1, 0.15) is 18.1 Å². The number of piperazine rings is 1. The molecule has 3 heterocycles. The number of nitrogens with zero attached hydrogens (tertiary/aromatic N) is 5. The van der Waals surface area contributed by atoms with E-state index in [2.05, 4.69) is 35.5 Å². The molecule has 12 heteroatoms. The predicted octanol–water partition coefficient (Wildman–Crippen LogP) is 1.61. The van der Waals surface area contributed by atoms with Gasteiger partial charge in [0, 0.05) is 57.8 Å². The first-order chi connectivity index (χ1) is 15.2. The van der Waals surface area contributed by atoms with Crippen molar-refractivity contribution < 1.29 is 13.2 Å². The number of aromatic amines is 1. The van der Waals surface area contributed by atoms with Crippen molar-refractivity contribution in [1.29, 1.82) is 0 Å². The van der Waals surface area contributed by atoms with Crippen LogP contribution in [0.4, 0.5) is 24.8 Å². The van der Waals surface area contributed by atoms with Crippen molar-refractivity contribution in [3.05, 3.63) is 52.2 Å². The van der Waals surface area contributed by atoms with Crippen LogP contribution in [0.3, 0.4) is 0 Å². The van der Waals surface area contributed by atoms with Crippen molar-refractivity contribution in [2.24, 2.45) is 0 Å². The molecule has 1 aliphatic heterocycles. The highest BCUT2D eigenvalue weighted by Crippen LogP contribution is 2.31. The highest BCUT2D eigenvalue weighted by Gasteiger charge is 2.37. The van der Waals surface area contributed by atoms with Gasteiger partial charge in [-0.15, -0.1) is 0 Å². The summed E-state index contributed by atoms with van der Waals surface area (Å²) in [5.41, 5.74) is -1.86. The zero-order valence-electron chi connectivity index (χ0n) is 18.0. The van der Waals surface area contributed by atoms with Crippen LogP contribution in [0, 0.1) is 6.92 Å². The van der Waals surface area contributed by atoms with Gasteiger partial charge in [0.2, 0.25) is 5.95 Å². The first-order valence-electron chi connectivity index (χ1n) is 10.3. The molecule has 1 fully saturated rings. The van der Waals surface area contributed by atoms with E-state index in [0.717, 1.165) is 43.9 Å². The molecule has 2 aromatic heterocycles. The van der Waals surface area contributed by atoms with Crippen LogP contribution < -0.4 is 21.1 Å². The fraction of sp³-hybridized carbons (Fsp3) is 0.500. The zero-order valence-corrected chi connectivity index (χ0v) is 18.0. The minimum atomic E-state index is -4.76. The number of H-pyrrole nitrogens is 1. The molecule has 174 valence electrons. The maximum Gasteiger partial charge on any atom is 0.423 e. The molecule has 0 bridgehead atoms. The Bertz CT molecular complexity index is 953. The van der Waals surface area contributed by atoms with Gasteiger partial charge in [-0.1, -0.05) is 12.2 Å². The Labute approximate surface area is 183 Å². The van der Waals surface area contributed by atoms with Crippen molar-refractivity contribution in [3.63, 3.8) is 0 Å². The summed E-state index contributed by atoms with van der Waals surface area (Å²) in [6.45, 7) is 8.35. The van der Waals surface area contributed by atoms with Gasteiger partial charge in [-0.25, -0.2) is 15.1 Å². The Hall–Kier alpha value is -2.99. The van der Waals surface area contributed by atoms with Crippen LogP contribution >= 0.6 is 0 Å². The zero-order chi connectivity index (χ0) is 23.1. The number of hydrogen-bond donors (Lipinski definition) is 3. The third-order valence-corrected chi connectivity index (χ3v) is 4.97. The number of anilines is 2. The molecule has 32 heavy (non-hydrogen) atoms. The summed E-state index contributed by atoms with van der Waals surface area (Å²) in [7, 11) is 0. The van der Waals surface area contributed by atoms with Crippen molar-refractivity contribution in [3.8, 4) is 0 Å². The summed E-state index contributed by atoms with van der Waals surface area (Å²) in [5, 5.41) is 11.2. The van der Waals surface area contributed by atoms with E-state index < -0.39 is 23.3 Å². The number of halogens is 3. The Morgan fingerprint density at radius 3 is 2.53 bits per heavy atom. The van der Waals surface area contributed by atoms with Crippen molar-refractivity contribution in [2.75, 3.05) is 49.6 Å². The van der Waals surface area contributed by atoms with Gasteiger partial charge >= 0.3 is 6.18 Å². The smallest absolute Gasteiger partial charge is 0.377 e. The molecule has 0 radical (unpaired) electrons. The molecule has 1 unspecified atom stereocenters. The Morgan fingerprint density at radius 1 is 1.19 bits per heavy atom. The predicted molar refractivity (Wildman–Crippen MR) is 116 cm³/mol. The van der Waals surface area contributed by atoms with E-state index in [4.69, 9.17) is 0 Å². The van der Waals surface area contributed by atoms with Crippen LogP contribution in [-0.4, -0.2) is 70.5 Å². The van der Waals surface area contributed by atoms with Gasteiger partial charge in [0.25, 0.3) is 5.56 Å². The van der Waals surface area contributed by atoms with Crippen molar-refractivity contribution in [1.82, 2.24) is 30.4 Å². The van der Waals surface area contributed by atoms with Crippen LogP contribution in [0.25, 0.3) is 0 Å². The van der Waals surface area contributed by atoms with Crippen LogP contribution in [-0.2, 0) is 6.18 Å². The summed E-state index contributed by atoms with van der Waals surface area (Å²) in [5.74, 6) is 0.747. The quantitative estimate of drug-likeness (QED) is 0.410.